The van der Waals surface area contributed by atoms with Gasteiger partial charge in [0.05, 0.1) is 13.2 Å². The number of thioether (sulfide) groups is 1. The van der Waals surface area contributed by atoms with Gasteiger partial charge in [0.15, 0.2) is 0 Å². The number of rotatable bonds is 7. The molecule has 1 N–H and O–H groups in total. The highest BCUT2D eigenvalue weighted by atomic mass is 32.2. The third-order valence-corrected chi connectivity index (χ3v) is 2.74. The van der Waals surface area contributed by atoms with E-state index in [1.54, 1.807) is 25.2 Å². The molecule has 0 saturated heterocycles. The van der Waals surface area contributed by atoms with Gasteiger partial charge in [0.2, 0.25) is 0 Å². The van der Waals surface area contributed by atoms with Gasteiger partial charge in [-0.25, -0.2) is 9.97 Å². The van der Waals surface area contributed by atoms with E-state index in [9.17, 15) is 0 Å². The zero-order valence-electron chi connectivity index (χ0n) is 9.59. The van der Waals surface area contributed by atoms with Crippen molar-refractivity contribution in [3.05, 3.63) is 12.4 Å². The molecule has 0 bridgehead atoms. The van der Waals surface area contributed by atoms with Crippen LogP contribution < -0.4 is 4.90 Å². The Hall–Kier alpha value is -0.850. The molecule has 0 aliphatic heterocycles. The molecule has 16 heavy (non-hydrogen) atoms. The molecule has 1 aromatic heterocycles. The largest absolute Gasteiger partial charge is 0.395 e. The Labute approximate surface area is 99.9 Å². The Morgan fingerprint density at radius 2 is 2.25 bits per heavy atom. The molecule has 0 atom stereocenters. The number of aliphatic hydroxyl groups is 1. The molecule has 0 unspecified atom stereocenters. The Bertz CT molecular complexity index is 312. The zero-order chi connectivity index (χ0) is 11.8. The molecule has 1 aromatic rings. The summed E-state index contributed by atoms with van der Waals surface area (Å²) in [7, 11) is 1.66. The van der Waals surface area contributed by atoms with Gasteiger partial charge in [-0.1, -0.05) is 0 Å². The fourth-order valence-corrected chi connectivity index (χ4v) is 1.65. The summed E-state index contributed by atoms with van der Waals surface area (Å²) >= 11 is 1.57. The van der Waals surface area contributed by atoms with Crippen molar-refractivity contribution in [2.75, 3.05) is 44.6 Å². The van der Waals surface area contributed by atoms with Crippen LogP contribution in [0.5, 0.6) is 0 Å². The standard InChI is InChI=1S/C10H17N3O2S/c1-15-6-4-13(3-5-14)9-7-10(16-2)12-8-11-9/h7-8,14H,3-6H2,1-2H3. The van der Waals surface area contributed by atoms with Gasteiger partial charge in [0.1, 0.15) is 17.2 Å². The summed E-state index contributed by atoms with van der Waals surface area (Å²) in [5, 5.41) is 9.91. The molecule has 0 amide bonds. The molecule has 0 aromatic carbocycles. The third-order valence-electron chi connectivity index (χ3n) is 2.10. The lowest BCUT2D eigenvalue weighted by atomic mass is 10.4. The Balaban J connectivity index is 2.73. The minimum Gasteiger partial charge on any atom is -0.395 e. The van der Waals surface area contributed by atoms with Crippen molar-refractivity contribution in [2.24, 2.45) is 0 Å². The summed E-state index contributed by atoms with van der Waals surface area (Å²) in [6, 6.07) is 1.91. The summed E-state index contributed by atoms with van der Waals surface area (Å²) in [6.07, 6.45) is 3.51. The highest BCUT2D eigenvalue weighted by Crippen LogP contribution is 2.16. The number of aromatic nitrogens is 2. The van der Waals surface area contributed by atoms with E-state index < -0.39 is 0 Å². The van der Waals surface area contributed by atoms with Crippen LogP contribution in [-0.2, 0) is 4.74 Å². The maximum Gasteiger partial charge on any atom is 0.133 e. The molecule has 90 valence electrons. The minimum absolute atomic E-state index is 0.0995. The van der Waals surface area contributed by atoms with E-state index in [1.807, 2.05) is 17.2 Å². The van der Waals surface area contributed by atoms with E-state index in [2.05, 4.69) is 9.97 Å². The molecular weight excluding hydrogens is 226 g/mol. The maximum absolute atomic E-state index is 8.99. The van der Waals surface area contributed by atoms with Crippen LogP contribution in [0.15, 0.2) is 17.4 Å². The number of ether oxygens (including phenoxy) is 1. The van der Waals surface area contributed by atoms with Crippen LogP contribution in [0.4, 0.5) is 5.82 Å². The predicted molar refractivity (Wildman–Crippen MR) is 65.0 cm³/mol. The molecule has 0 spiro atoms. The predicted octanol–water partition coefficient (Wildman–Crippen LogP) is 0.644. The van der Waals surface area contributed by atoms with Crippen LogP contribution in [0, 0.1) is 0 Å². The van der Waals surface area contributed by atoms with Crippen molar-refractivity contribution in [1.29, 1.82) is 0 Å². The molecule has 5 nitrogen and oxygen atoms in total. The van der Waals surface area contributed by atoms with Crippen LogP contribution >= 0.6 is 11.8 Å². The van der Waals surface area contributed by atoms with Gasteiger partial charge in [0, 0.05) is 26.3 Å². The van der Waals surface area contributed by atoms with Gasteiger partial charge in [-0.15, -0.1) is 11.8 Å². The fraction of sp³-hybridized carbons (Fsp3) is 0.600. The Morgan fingerprint density at radius 3 is 2.88 bits per heavy atom. The number of hydrogen-bond donors (Lipinski definition) is 1. The highest BCUT2D eigenvalue weighted by Gasteiger charge is 2.07. The normalized spacial score (nSPS) is 10.4. The van der Waals surface area contributed by atoms with Gasteiger partial charge in [0.25, 0.3) is 0 Å². The lowest BCUT2D eigenvalue weighted by Gasteiger charge is -2.22. The van der Waals surface area contributed by atoms with E-state index in [-0.39, 0.29) is 6.61 Å². The number of methoxy groups -OCH3 is 1. The first kappa shape index (κ1) is 13.2. The molecule has 0 radical (unpaired) electrons. The number of aliphatic hydroxyl groups excluding tert-OH is 1. The first-order chi connectivity index (χ1) is 7.81. The molecule has 0 aliphatic carbocycles. The minimum atomic E-state index is 0.0995. The van der Waals surface area contributed by atoms with Crippen molar-refractivity contribution < 1.29 is 9.84 Å². The van der Waals surface area contributed by atoms with Gasteiger partial charge in [-0.2, -0.15) is 0 Å². The SMILES string of the molecule is COCCN(CCO)c1cc(SC)ncn1. The topological polar surface area (TPSA) is 58.5 Å². The second-order valence-corrected chi connectivity index (χ2v) is 3.95. The maximum atomic E-state index is 8.99. The van der Waals surface area contributed by atoms with Crippen molar-refractivity contribution in [3.8, 4) is 0 Å². The Kier molecular flexibility index (Phi) is 6.14. The second-order valence-electron chi connectivity index (χ2n) is 3.12. The van der Waals surface area contributed by atoms with E-state index in [0.717, 1.165) is 10.8 Å². The van der Waals surface area contributed by atoms with Crippen molar-refractivity contribution in [3.63, 3.8) is 0 Å². The lowest BCUT2D eigenvalue weighted by Crippen LogP contribution is -2.30. The molecule has 0 fully saturated rings. The average molecular weight is 243 g/mol. The summed E-state index contributed by atoms with van der Waals surface area (Å²) in [6.45, 7) is 1.97. The van der Waals surface area contributed by atoms with E-state index in [0.29, 0.717) is 19.7 Å². The number of hydrogen-bond acceptors (Lipinski definition) is 6. The van der Waals surface area contributed by atoms with Crippen LogP contribution in [-0.4, -0.2) is 54.7 Å². The summed E-state index contributed by atoms with van der Waals surface area (Å²) in [4.78, 5) is 10.3. The third kappa shape index (κ3) is 3.96. The van der Waals surface area contributed by atoms with Crippen LogP contribution in [0.3, 0.4) is 0 Å². The molecule has 1 heterocycles. The highest BCUT2D eigenvalue weighted by molar-refractivity contribution is 7.98. The first-order valence-electron chi connectivity index (χ1n) is 5.02. The zero-order valence-corrected chi connectivity index (χ0v) is 10.4. The second kappa shape index (κ2) is 7.43. The first-order valence-corrected chi connectivity index (χ1v) is 6.25. The van der Waals surface area contributed by atoms with Crippen molar-refractivity contribution >= 4 is 17.6 Å². The average Bonchev–Trinajstić information content (AvgIpc) is 2.34. The van der Waals surface area contributed by atoms with Gasteiger partial charge < -0.3 is 14.7 Å². The summed E-state index contributed by atoms with van der Waals surface area (Å²) < 4.78 is 5.02. The van der Waals surface area contributed by atoms with E-state index >= 15 is 0 Å². The van der Waals surface area contributed by atoms with E-state index in [1.165, 1.54) is 0 Å². The lowest BCUT2D eigenvalue weighted by molar-refractivity contribution is 0.202. The van der Waals surface area contributed by atoms with Crippen LogP contribution in [0.2, 0.25) is 0 Å². The molecule has 1 rings (SSSR count). The van der Waals surface area contributed by atoms with Crippen LogP contribution in [0.25, 0.3) is 0 Å². The number of nitrogens with zero attached hydrogens (tertiary/aromatic N) is 3. The van der Waals surface area contributed by atoms with Gasteiger partial charge in [-0.3, -0.25) is 0 Å². The number of anilines is 1. The molecule has 6 heteroatoms. The Morgan fingerprint density at radius 1 is 1.44 bits per heavy atom. The van der Waals surface area contributed by atoms with Crippen molar-refractivity contribution in [1.82, 2.24) is 9.97 Å². The summed E-state index contributed by atoms with van der Waals surface area (Å²) in [5.41, 5.74) is 0. The smallest absolute Gasteiger partial charge is 0.133 e. The molecule has 0 aliphatic rings. The molecule has 0 saturated carbocycles. The monoisotopic (exact) mass is 243 g/mol. The van der Waals surface area contributed by atoms with E-state index in [4.69, 9.17) is 9.84 Å². The summed E-state index contributed by atoms with van der Waals surface area (Å²) in [5.74, 6) is 0.824. The van der Waals surface area contributed by atoms with Gasteiger partial charge in [-0.05, 0) is 6.26 Å². The fourth-order valence-electron chi connectivity index (χ4n) is 1.28. The molecular formula is C10H17N3O2S. The quantitative estimate of drug-likeness (QED) is 0.560. The van der Waals surface area contributed by atoms with Crippen molar-refractivity contribution in [2.45, 2.75) is 5.03 Å². The van der Waals surface area contributed by atoms with Gasteiger partial charge >= 0.3 is 0 Å². The van der Waals surface area contributed by atoms with Crippen LogP contribution in [0.1, 0.15) is 0 Å².